The molecule has 5 nitrogen and oxygen atoms in total. The minimum absolute atomic E-state index is 0.0703. The highest BCUT2D eigenvalue weighted by Gasteiger charge is 2.26. The van der Waals surface area contributed by atoms with Gasteiger partial charge in [0.05, 0.1) is 6.61 Å². The number of rotatable bonds is 6. The Morgan fingerprint density at radius 2 is 1.79 bits per heavy atom. The number of ether oxygens (including phenoxy) is 2. The van der Waals surface area contributed by atoms with Crippen LogP contribution < -0.4 is 0 Å². The molecule has 3 rings (SSSR count). The molecule has 140 valence electrons. The van der Waals surface area contributed by atoms with Crippen LogP contribution in [-0.4, -0.2) is 93.1 Å². The largest absolute Gasteiger partial charge is 0.353 e. The van der Waals surface area contributed by atoms with Crippen LogP contribution in [0.15, 0.2) is 0 Å². The molecular formula is C19H37N3O2. The Morgan fingerprint density at radius 1 is 0.958 bits per heavy atom. The van der Waals surface area contributed by atoms with Gasteiger partial charge >= 0.3 is 0 Å². The number of likely N-dealkylation sites (N-methyl/N-ethyl adjacent to an activating group) is 1. The zero-order chi connectivity index (χ0) is 16.6. The van der Waals surface area contributed by atoms with Crippen molar-refractivity contribution in [1.29, 1.82) is 0 Å². The number of likely N-dealkylation sites (tertiary alicyclic amines) is 1. The van der Waals surface area contributed by atoms with Gasteiger partial charge < -0.3 is 19.3 Å². The predicted octanol–water partition coefficient (Wildman–Crippen LogP) is 2.02. The van der Waals surface area contributed by atoms with Crippen LogP contribution in [0.3, 0.4) is 0 Å². The van der Waals surface area contributed by atoms with Gasteiger partial charge in [0, 0.05) is 51.9 Å². The van der Waals surface area contributed by atoms with E-state index in [0.717, 1.165) is 32.1 Å². The molecule has 0 unspecified atom stereocenters. The van der Waals surface area contributed by atoms with Gasteiger partial charge in [-0.3, -0.25) is 4.90 Å². The Balaban J connectivity index is 1.35. The van der Waals surface area contributed by atoms with Crippen molar-refractivity contribution in [1.82, 2.24) is 14.7 Å². The molecule has 2 atom stereocenters. The highest BCUT2D eigenvalue weighted by Crippen LogP contribution is 2.18. The van der Waals surface area contributed by atoms with Gasteiger partial charge in [0.2, 0.25) is 0 Å². The van der Waals surface area contributed by atoms with Crippen LogP contribution in [0.5, 0.6) is 0 Å². The molecule has 5 heteroatoms. The Hall–Kier alpha value is -0.200. The maximum Gasteiger partial charge on any atom is 0.157 e. The molecule has 0 bridgehead atoms. The first-order chi connectivity index (χ1) is 11.8. The highest BCUT2D eigenvalue weighted by molar-refractivity contribution is 4.82. The van der Waals surface area contributed by atoms with E-state index in [1.807, 2.05) is 0 Å². The second-order valence-corrected chi connectivity index (χ2v) is 7.81. The van der Waals surface area contributed by atoms with E-state index in [1.165, 1.54) is 77.9 Å². The Bertz CT molecular complexity index is 342. The SMILES string of the molecule is CN1CCN([C@H]2CCCCN(CCCO[C@@H]3CCCCO3)C2)CC1. The smallest absolute Gasteiger partial charge is 0.157 e. The van der Waals surface area contributed by atoms with Crippen LogP contribution in [0.25, 0.3) is 0 Å². The number of nitrogens with zero attached hydrogens (tertiary/aromatic N) is 3. The zero-order valence-corrected chi connectivity index (χ0v) is 15.6. The summed E-state index contributed by atoms with van der Waals surface area (Å²) in [5, 5.41) is 0. The quantitative estimate of drug-likeness (QED) is 0.691. The monoisotopic (exact) mass is 339 g/mol. The number of hydrogen-bond donors (Lipinski definition) is 0. The molecule has 0 amide bonds. The molecule has 0 aromatic heterocycles. The lowest BCUT2D eigenvalue weighted by Gasteiger charge is -2.39. The van der Waals surface area contributed by atoms with Gasteiger partial charge in [-0.15, -0.1) is 0 Å². The van der Waals surface area contributed by atoms with Crippen LogP contribution in [0.1, 0.15) is 44.9 Å². The van der Waals surface area contributed by atoms with Gasteiger partial charge in [-0.2, -0.15) is 0 Å². The molecule has 24 heavy (non-hydrogen) atoms. The summed E-state index contributed by atoms with van der Waals surface area (Å²) in [5.41, 5.74) is 0. The van der Waals surface area contributed by atoms with E-state index >= 15 is 0 Å². The van der Waals surface area contributed by atoms with Gasteiger partial charge in [0.15, 0.2) is 6.29 Å². The molecular weight excluding hydrogens is 302 g/mol. The van der Waals surface area contributed by atoms with Crippen LogP contribution in [0.4, 0.5) is 0 Å². The van der Waals surface area contributed by atoms with E-state index in [4.69, 9.17) is 9.47 Å². The van der Waals surface area contributed by atoms with Gasteiger partial charge in [-0.25, -0.2) is 0 Å². The third-order valence-electron chi connectivity index (χ3n) is 5.85. The molecule has 0 spiro atoms. The van der Waals surface area contributed by atoms with E-state index < -0.39 is 0 Å². The maximum absolute atomic E-state index is 5.90. The fraction of sp³-hybridized carbons (Fsp3) is 1.00. The fourth-order valence-electron chi connectivity index (χ4n) is 4.23. The summed E-state index contributed by atoms with van der Waals surface area (Å²) in [6, 6.07) is 0.767. The molecule has 3 saturated heterocycles. The summed E-state index contributed by atoms with van der Waals surface area (Å²) < 4.78 is 11.5. The summed E-state index contributed by atoms with van der Waals surface area (Å²) in [5.74, 6) is 0. The summed E-state index contributed by atoms with van der Waals surface area (Å²) in [6.07, 6.45) is 8.86. The first-order valence-electron chi connectivity index (χ1n) is 10.2. The van der Waals surface area contributed by atoms with E-state index in [0.29, 0.717) is 0 Å². The van der Waals surface area contributed by atoms with E-state index in [2.05, 4.69) is 21.7 Å². The molecule has 0 aliphatic carbocycles. The lowest BCUT2D eigenvalue weighted by molar-refractivity contribution is -0.163. The second kappa shape index (κ2) is 10.1. The molecule has 3 fully saturated rings. The normalized spacial score (nSPS) is 31.9. The van der Waals surface area contributed by atoms with Crippen molar-refractivity contribution in [2.24, 2.45) is 0 Å². The van der Waals surface area contributed by atoms with Gasteiger partial charge in [0.25, 0.3) is 0 Å². The van der Waals surface area contributed by atoms with Crippen molar-refractivity contribution < 1.29 is 9.47 Å². The third-order valence-corrected chi connectivity index (χ3v) is 5.85. The lowest BCUT2D eigenvalue weighted by Crippen LogP contribution is -2.52. The minimum atomic E-state index is 0.0703. The van der Waals surface area contributed by atoms with E-state index in [-0.39, 0.29) is 6.29 Å². The lowest BCUT2D eigenvalue weighted by atomic mass is 10.1. The topological polar surface area (TPSA) is 28.2 Å². The average molecular weight is 340 g/mol. The summed E-state index contributed by atoms with van der Waals surface area (Å²) >= 11 is 0. The van der Waals surface area contributed by atoms with Gasteiger partial charge in [-0.05, 0) is 52.1 Å². The zero-order valence-electron chi connectivity index (χ0n) is 15.6. The van der Waals surface area contributed by atoms with E-state index in [9.17, 15) is 0 Å². The standard InChI is InChI=1S/C19H37N3O2/c1-20-11-13-22(14-12-20)18-7-2-4-9-21(17-18)10-6-16-24-19-8-3-5-15-23-19/h18-19H,2-17H2,1H3/t18-,19+/m0/s1. The van der Waals surface area contributed by atoms with E-state index in [1.54, 1.807) is 0 Å². The first kappa shape index (κ1) is 18.6. The fourth-order valence-corrected chi connectivity index (χ4v) is 4.23. The average Bonchev–Trinajstić information content (AvgIpc) is 2.86. The maximum atomic E-state index is 5.90. The highest BCUT2D eigenvalue weighted by atomic mass is 16.7. The first-order valence-corrected chi connectivity index (χ1v) is 10.2. The van der Waals surface area contributed by atoms with Crippen LogP contribution in [-0.2, 0) is 9.47 Å². The molecule has 0 N–H and O–H groups in total. The number of hydrogen-bond acceptors (Lipinski definition) is 5. The summed E-state index contributed by atoms with van der Waals surface area (Å²) in [7, 11) is 2.24. The van der Waals surface area contributed by atoms with Crippen molar-refractivity contribution in [3.8, 4) is 0 Å². The molecule has 3 aliphatic rings. The second-order valence-electron chi connectivity index (χ2n) is 7.81. The van der Waals surface area contributed by atoms with Crippen molar-refractivity contribution in [3.05, 3.63) is 0 Å². The molecule has 3 heterocycles. The molecule has 0 saturated carbocycles. The Labute approximate surface area is 148 Å². The Kier molecular flexibility index (Phi) is 7.80. The molecule has 0 radical (unpaired) electrons. The third kappa shape index (κ3) is 5.95. The van der Waals surface area contributed by atoms with Gasteiger partial charge in [-0.1, -0.05) is 6.42 Å². The van der Waals surface area contributed by atoms with Crippen molar-refractivity contribution in [2.75, 3.05) is 66.1 Å². The molecule has 0 aromatic carbocycles. The molecule has 3 aliphatic heterocycles. The number of piperazine rings is 1. The Morgan fingerprint density at radius 3 is 2.58 bits per heavy atom. The van der Waals surface area contributed by atoms with Crippen molar-refractivity contribution in [2.45, 2.75) is 57.3 Å². The van der Waals surface area contributed by atoms with Crippen molar-refractivity contribution >= 4 is 0 Å². The van der Waals surface area contributed by atoms with Crippen LogP contribution >= 0.6 is 0 Å². The summed E-state index contributed by atoms with van der Waals surface area (Å²) in [4.78, 5) is 7.88. The predicted molar refractivity (Wildman–Crippen MR) is 97.3 cm³/mol. The summed E-state index contributed by atoms with van der Waals surface area (Å²) in [6.45, 7) is 10.4. The minimum Gasteiger partial charge on any atom is -0.353 e. The molecule has 0 aromatic rings. The van der Waals surface area contributed by atoms with Crippen molar-refractivity contribution in [3.63, 3.8) is 0 Å². The van der Waals surface area contributed by atoms with Gasteiger partial charge in [0.1, 0.15) is 0 Å². The van der Waals surface area contributed by atoms with Crippen LogP contribution in [0.2, 0.25) is 0 Å². The van der Waals surface area contributed by atoms with Crippen LogP contribution in [0, 0.1) is 0 Å².